The zero-order valence-corrected chi connectivity index (χ0v) is 13.8. The molecule has 0 atom stereocenters. The molecule has 2 N–H and O–H groups in total. The molecule has 120 valence electrons. The van der Waals surface area contributed by atoms with E-state index in [1.54, 1.807) is 0 Å². The highest BCUT2D eigenvalue weighted by atomic mass is 15.3. The molecule has 2 heterocycles. The monoisotopic (exact) mass is 301 g/mol. The van der Waals surface area contributed by atoms with Crippen molar-refractivity contribution in [1.82, 2.24) is 20.1 Å². The van der Waals surface area contributed by atoms with Gasteiger partial charge in [0.05, 0.1) is 11.7 Å². The summed E-state index contributed by atoms with van der Waals surface area (Å²) >= 11 is 0. The highest BCUT2D eigenvalue weighted by molar-refractivity contribution is 5.32. The Kier molecular flexibility index (Phi) is 5.95. The predicted octanol–water partition coefficient (Wildman–Crippen LogP) is 3.02. The number of nitrogens with one attached hydrogen (secondary N) is 2. The average molecular weight is 301 g/mol. The molecule has 0 aliphatic rings. The molecular formula is C17H27N5. The third kappa shape index (κ3) is 5.48. The second-order valence-corrected chi connectivity index (χ2v) is 6.49. The van der Waals surface area contributed by atoms with E-state index in [4.69, 9.17) is 0 Å². The van der Waals surface area contributed by atoms with Gasteiger partial charge in [-0.15, -0.1) is 0 Å². The van der Waals surface area contributed by atoms with Crippen molar-refractivity contribution in [3.8, 4) is 0 Å². The van der Waals surface area contributed by atoms with Crippen molar-refractivity contribution in [2.75, 3.05) is 18.4 Å². The molecule has 5 heteroatoms. The Bertz CT molecular complexity index is 542. The number of aromatic nitrogens is 3. The Morgan fingerprint density at radius 1 is 1.14 bits per heavy atom. The van der Waals surface area contributed by atoms with Crippen molar-refractivity contribution < 1.29 is 0 Å². The highest BCUT2D eigenvalue weighted by Gasteiger charge is 2.13. The summed E-state index contributed by atoms with van der Waals surface area (Å²) in [6, 6.07) is 5.91. The van der Waals surface area contributed by atoms with Gasteiger partial charge in [-0.05, 0) is 52.3 Å². The van der Waals surface area contributed by atoms with Crippen LogP contribution < -0.4 is 10.6 Å². The Morgan fingerprint density at radius 3 is 2.64 bits per heavy atom. The molecule has 0 bridgehead atoms. The molecule has 22 heavy (non-hydrogen) atoms. The Morgan fingerprint density at radius 2 is 1.95 bits per heavy atom. The lowest BCUT2D eigenvalue weighted by atomic mass is 10.1. The quantitative estimate of drug-likeness (QED) is 0.736. The van der Waals surface area contributed by atoms with E-state index in [0.29, 0.717) is 0 Å². The van der Waals surface area contributed by atoms with Crippen molar-refractivity contribution in [3.05, 3.63) is 42.4 Å². The number of hydrogen-bond acceptors (Lipinski definition) is 4. The topological polar surface area (TPSA) is 54.8 Å². The third-order valence-corrected chi connectivity index (χ3v) is 3.40. The maximum atomic E-state index is 4.41. The van der Waals surface area contributed by atoms with Gasteiger partial charge < -0.3 is 10.6 Å². The summed E-state index contributed by atoms with van der Waals surface area (Å²) < 4.78 is 2.01. The van der Waals surface area contributed by atoms with Crippen LogP contribution in [0.15, 0.2) is 36.8 Å². The van der Waals surface area contributed by atoms with Gasteiger partial charge in [0, 0.05) is 31.0 Å². The largest absolute Gasteiger partial charge is 0.370 e. The van der Waals surface area contributed by atoms with Gasteiger partial charge in [-0.25, -0.2) is 4.98 Å². The first kappa shape index (κ1) is 16.5. The molecule has 0 amide bonds. The Balaban J connectivity index is 1.55. The molecule has 2 aromatic rings. The van der Waals surface area contributed by atoms with E-state index in [0.717, 1.165) is 38.3 Å². The lowest BCUT2D eigenvalue weighted by molar-refractivity contribution is 0.355. The minimum absolute atomic E-state index is 0.0510. The molecule has 0 saturated heterocycles. The van der Waals surface area contributed by atoms with Crippen LogP contribution in [0, 0.1) is 0 Å². The first-order valence-electron chi connectivity index (χ1n) is 7.95. The smallest absolute Gasteiger partial charge is 0.125 e. The maximum absolute atomic E-state index is 4.41. The van der Waals surface area contributed by atoms with Crippen molar-refractivity contribution in [3.63, 3.8) is 0 Å². The summed E-state index contributed by atoms with van der Waals surface area (Å²) in [5.74, 6) is 0.949. The fraction of sp³-hybridized carbons (Fsp3) is 0.529. The fourth-order valence-electron chi connectivity index (χ4n) is 2.11. The SMILES string of the molecule is CC(C)(C)n1cc(CNCCCCNc2ccccn2)cn1. The zero-order valence-electron chi connectivity index (χ0n) is 13.8. The molecule has 0 fully saturated rings. The van der Waals surface area contributed by atoms with Gasteiger partial charge in [0.25, 0.3) is 0 Å². The van der Waals surface area contributed by atoms with Crippen molar-refractivity contribution in [1.29, 1.82) is 0 Å². The van der Waals surface area contributed by atoms with Crippen LogP contribution in [0.2, 0.25) is 0 Å². The zero-order chi connectivity index (χ0) is 15.8. The van der Waals surface area contributed by atoms with E-state index in [-0.39, 0.29) is 5.54 Å². The van der Waals surface area contributed by atoms with Crippen molar-refractivity contribution in [2.45, 2.75) is 45.7 Å². The lowest BCUT2D eigenvalue weighted by Gasteiger charge is -2.18. The minimum Gasteiger partial charge on any atom is -0.370 e. The summed E-state index contributed by atoms with van der Waals surface area (Å²) in [6.45, 7) is 9.33. The first-order valence-corrected chi connectivity index (χ1v) is 7.95. The third-order valence-electron chi connectivity index (χ3n) is 3.40. The second-order valence-electron chi connectivity index (χ2n) is 6.49. The van der Waals surface area contributed by atoms with Crippen LogP contribution in [0.3, 0.4) is 0 Å². The Labute approximate surface area is 133 Å². The highest BCUT2D eigenvalue weighted by Crippen LogP contribution is 2.12. The van der Waals surface area contributed by atoms with E-state index in [1.165, 1.54) is 5.56 Å². The van der Waals surface area contributed by atoms with Crippen LogP contribution in [0.1, 0.15) is 39.2 Å². The summed E-state index contributed by atoms with van der Waals surface area (Å²) in [6.07, 6.45) is 8.15. The minimum atomic E-state index is 0.0510. The van der Waals surface area contributed by atoms with E-state index < -0.39 is 0 Å². The van der Waals surface area contributed by atoms with Crippen LogP contribution in [-0.2, 0) is 12.1 Å². The molecule has 0 aliphatic heterocycles. The van der Waals surface area contributed by atoms with Gasteiger partial charge in [0.2, 0.25) is 0 Å². The summed E-state index contributed by atoms with van der Waals surface area (Å²) in [5, 5.41) is 11.2. The average Bonchev–Trinajstić information content (AvgIpc) is 2.96. The molecule has 2 aromatic heterocycles. The standard InChI is InChI=1S/C17H27N5/c1-17(2,3)22-14-15(13-21-22)12-18-9-6-7-11-20-16-8-4-5-10-19-16/h4-5,8,10,13-14,18H,6-7,9,11-12H2,1-3H3,(H,19,20). The van der Waals surface area contributed by atoms with Gasteiger partial charge in [0.15, 0.2) is 0 Å². The van der Waals surface area contributed by atoms with Crippen LogP contribution in [-0.4, -0.2) is 27.9 Å². The summed E-state index contributed by atoms with van der Waals surface area (Å²) in [5.41, 5.74) is 1.29. The normalized spacial score (nSPS) is 11.6. The van der Waals surface area contributed by atoms with Crippen LogP contribution >= 0.6 is 0 Å². The predicted molar refractivity (Wildman–Crippen MR) is 90.9 cm³/mol. The van der Waals surface area contributed by atoms with E-state index in [1.807, 2.05) is 35.3 Å². The van der Waals surface area contributed by atoms with E-state index >= 15 is 0 Å². The van der Waals surface area contributed by atoms with Crippen LogP contribution in [0.5, 0.6) is 0 Å². The van der Waals surface area contributed by atoms with Gasteiger partial charge in [-0.3, -0.25) is 4.68 Å². The fourth-order valence-corrected chi connectivity index (χ4v) is 2.11. The lowest BCUT2D eigenvalue weighted by Crippen LogP contribution is -2.22. The van der Waals surface area contributed by atoms with Crippen LogP contribution in [0.25, 0.3) is 0 Å². The van der Waals surface area contributed by atoms with Crippen LogP contribution in [0.4, 0.5) is 5.82 Å². The number of unbranched alkanes of at least 4 members (excludes halogenated alkanes) is 1. The van der Waals surface area contributed by atoms with E-state index in [9.17, 15) is 0 Å². The summed E-state index contributed by atoms with van der Waals surface area (Å²) in [4.78, 5) is 4.24. The van der Waals surface area contributed by atoms with Crippen molar-refractivity contribution in [2.24, 2.45) is 0 Å². The maximum Gasteiger partial charge on any atom is 0.125 e. The molecular weight excluding hydrogens is 274 g/mol. The van der Waals surface area contributed by atoms with E-state index in [2.05, 4.69) is 47.7 Å². The number of rotatable bonds is 8. The van der Waals surface area contributed by atoms with Gasteiger partial charge in [-0.2, -0.15) is 5.10 Å². The van der Waals surface area contributed by atoms with Gasteiger partial charge in [0.1, 0.15) is 5.82 Å². The first-order chi connectivity index (χ1) is 10.6. The number of anilines is 1. The molecule has 2 rings (SSSR count). The van der Waals surface area contributed by atoms with Crippen molar-refractivity contribution >= 4 is 5.82 Å². The van der Waals surface area contributed by atoms with Gasteiger partial charge in [-0.1, -0.05) is 6.07 Å². The molecule has 0 unspecified atom stereocenters. The number of pyridine rings is 1. The molecule has 0 spiro atoms. The molecule has 0 saturated carbocycles. The summed E-state index contributed by atoms with van der Waals surface area (Å²) in [7, 11) is 0. The number of hydrogen-bond donors (Lipinski definition) is 2. The molecule has 5 nitrogen and oxygen atoms in total. The van der Waals surface area contributed by atoms with Gasteiger partial charge >= 0.3 is 0 Å². The second kappa shape index (κ2) is 7.94. The number of nitrogens with zero attached hydrogens (tertiary/aromatic N) is 3. The molecule has 0 radical (unpaired) electrons. The molecule has 0 aliphatic carbocycles. The Hall–Kier alpha value is -1.88. The molecule has 0 aromatic carbocycles.